The fourth-order valence-electron chi connectivity index (χ4n) is 2.03. The summed E-state index contributed by atoms with van der Waals surface area (Å²) in [4.78, 5) is 26.2. The number of hydrogen-bond acceptors (Lipinski definition) is 3. The molecule has 0 radical (unpaired) electrons. The Labute approximate surface area is 142 Å². The Hall–Kier alpha value is -1.82. The number of aliphatic hydroxyl groups is 1. The van der Waals surface area contributed by atoms with Gasteiger partial charge in [0.2, 0.25) is 0 Å². The van der Waals surface area contributed by atoms with Gasteiger partial charge in [0.1, 0.15) is 5.65 Å². The highest BCUT2D eigenvalue weighted by Gasteiger charge is 2.15. The average Bonchev–Trinajstić information content (AvgIpc) is 3.02. The minimum absolute atomic E-state index is 0.0112. The summed E-state index contributed by atoms with van der Waals surface area (Å²) in [6, 6.07) is 0. The number of aromatic nitrogens is 3. The van der Waals surface area contributed by atoms with Crippen molar-refractivity contribution in [3.63, 3.8) is 0 Å². The third kappa shape index (κ3) is 2.81. The molecule has 0 saturated carbocycles. The zero-order valence-corrected chi connectivity index (χ0v) is 10.9. The van der Waals surface area contributed by atoms with Crippen molar-refractivity contribution in [2.45, 2.75) is 45.6 Å². The standard InChI is InChI=1S/C15H23N3O3/c1-10-9-16(3)13-12(10)14(20)18(15(21)17(13)4)8-6-5-7-11(2)19/h9,11,19H,5-8H2,1-4H3/i1D3,2D3,3D3,4D3,7D2. The molecule has 116 valence electrons. The lowest BCUT2D eigenvalue weighted by molar-refractivity contribution is 0.180. The maximum Gasteiger partial charge on any atom is 0.332 e. The predicted molar refractivity (Wildman–Crippen MR) is 82.7 cm³/mol. The number of hydrogen-bond donors (Lipinski definition) is 1. The van der Waals surface area contributed by atoms with Gasteiger partial charge < -0.3 is 9.67 Å². The molecule has 2 rings (SSSR count). The van der Waals surface area contributed by atoms with Crippen molar-refractivity contribution in [3.05, 3.63) is 32.6 Å². The summed E-state index contributed by atoms with van der Waals surface area (Å²) in [7, 11) is 0. The molecule has 6 heteroatoms. The molecule has 0 aromatic carbocycles. The lowest BCUT2D eigenvalue weighted by Crippen LogP contribution is -2.39. The Morgan fingerprint density at radius 2 is 2.24 bits per heavy atom. The van der Waals surface area contributed by atoms with E-state index in [2.05, 4.69) is 0 Å². The van der Waals surface area contributed by atoms with E-state index in [1.54, 1.807) is 0 Å². The molecule has 1 N–H and O–H groups in total. The van der Waals surface area contributed by atoms with Crippen LogP contribution in [0.1, 0.15) is 50.8 Å². The van der Waals surface area contributed by atoms with Crippen LogP contribution >= 0.6 is 0 Å². The first-order chi connectivity index (χ1) is 15.4. The highest BCUT2D eigenvalue weighted by atomic mass is 16.3. The molecule has 1 unspecified atom stereocenters. The highest BCUT2D eigenvalue weighted by molar-refractivity contribution is 5.79. The number of rotatable bonds is 5. The van der Waals surface area contributed by atoms with Crippen LogP contribution in [0.25, 0.3) is 11.0 Å². The quantitative estimate of drug-likeness (QED) is 0.892. The van der Waals surface area contributed by atoms with Gasteiger partial charge in [-0.25, -0.2) is 4.79 Å². The van der Waals surface area contributed by atoms with Gasteiger partial charge in [-0.3, -0.25) is 13.9 Å². The van der Waals surface area contributed by atoms with Crippen LogP contribution in [-0.4, -0.2) is 24.9 Å². The minimum atomic E-state index is -3.34. The van der Waals surface area contributed by atoms with Gasteiger partial charge in [-0.2, -0.15) is 0 Å². The Kier molecular flexibility index (Phi) is 1.52. The van der Waals surface area contributed by atoms with Crippen LogP contribution in [0.4, 0.5) is 0 Å². The first kappa shape index (κ1) is 5.43. The van der Waals surface area contributed by atoms with E-state index in [4.69, 9.17) is 19.2 Å². The second-order valence-electron chi connectivity index (χ2n) is 4.40. The zero-order chi connectivity index (χ0) is 27.5. The van der Waals surface area contributed by atoms with E-state index >= 15 is 0 Å². The lowest BCUT2D eigenvalue weighted by atomic mass is 10.2. The van der Waals surface area contributed by atoms with Crippen LogP contribution in [0, 0.1) is 6.85 Å². The molecule has 2 aromatic rings. The second kappa shape index (κ2) is 5.89. The van der Waals surface area contributed by atoms with Crippen LogP contribution in [0.2, 0.25) is 0 Å². The van der Waals surface area contributed by atoms with Crippen molar-refractivity contribution in [1.29, 1.82) is 0 Å². The molecule has 2 heterocycles. The van der Waals surface area contributed by atoms with Crippen LogP contribution in [0.15, 0.2) is 15.8 Å². The third-order valence-electron chi connectivity index (χ3n) is 2.97. The maximum absolute atomic E-state index is 13.2. The summed E-state index contributed by atoms with van der Waals surface area (Å²) < 4.78 is 107. The van der Waals surface area contributed by atoms with E-state index in [0.29, 0.717) is 10.8 Å². The first-order valence-electron chi connectivity index (χ1n) is 13.0. The number of nitrogens with zero attached hydrogens (tertiary/aromatic N) is 3. The van der Waals surface area contributed by atoms with Crippen LogP contribution in [0.3, 0.4) is 0 Å². The molecule has 0 fully saturated rings. The summed E-state index contributed by atoms with van der Waals surface area (Å²) in [6.45, 7) is -13.3. The van der Waals surface area contributed by atoms with Crippen LogP contribution < -0.4 is 11.2 Å². The molecule has 0 bridgehead atoms. The van der Waals surface area contributed by atoms with Crippen molar-refractivity contribution in [1.82, 2.24) is 13.7 Å². The highest BCUT2D eigenvalue weighted by Crippen LogP contribution is 2.14. The van der Waals surface area contributed by atoms with Crippen LogP contribution in [-0.2, 0) is 20.5 Å². The molecule has 0 aliphatic rings. The largest absolute Gasteiger partial charge is 0.393 e. The molecule has 0 aliphatic carbocycles. The van der Waals surface area contributed by atoms with E-state index in [-0.39, 0.29) is 9.13 Å². The summed E-state index contributed by atoms with van der Waals surface area (Å²) in [5.74, 6) is 0. The first-order valence-corrected chi connectivity index (χ1v) is 6.03. The normalized spacial score (nSPS) is 26.0. The number of aryl methyl sites for hydroxylation is 3. The van der Waals surface area contributed by atoms with Gasteiger partial charge in [0.15, 0.2) is 0 Å². The van der Waals surface area contributed by atoms with Crippen LogP contribution in [0.5, 0.6) is 0 Å². The summed E-state index contributed by atoms with van der Waals surface area (Å²) in [6.07, 6.45) is -5.57. The maximum atomic E-state index is 13.2. The van der Waals surface area contributed by atoms with Crippen molar-refractivity contribution >= 4 is 11.0 Å². The molecule has 1 atom stereocenters. The van der Waals surface area contributed by atoms with Gasteiger partial charge in [0.25, 0.3) is 5.56 Å². The molecule has 0 amide bonds. The Morgan fingerprint density at radius 1 is 1.38 bits per heavy atom. The van der Waals surface area contributed by atoms with Crippen molar-refractivity contribution in [3.8, 4) is 0 Å². The fourth-order valence-corrected chi connectivity index (χ4v) is 2.03. The zero-order valence-electron chi connectivity index (χ0n) is 24.9. The van der Waals surface area contributed by atoms with Crippen molar-refractivity contribution in [2.75, 3.05) is 0 Å². The van der Waals surface area contributed by atoms with E-state index in [9.17, 15) is 14.7 Å². The fraction of sp³-hybridized carbons (Fsp3) is 0.600. The molecular weight excluding hydrogens is 270 g/mol. The minimum Gasteiger partial charge on any atom is -0.393 e. The molecule has 0 saturated heterocycles. The molecule has 0 aliphatic heterocycles. The van der Waals surface area contributed by atoms with Gasteiger partial charge in [-0.15, -0.1) is 0 Å². The second-order valence-corrected chi connectivity index (χ2v) is 4.40. The van der Waals surface area contributed by atoms with E-state index in [0.717, 1.165) is 0 Å². The van der Waals surface area contributed by atoms with Gasteiger partial charge in [0.05, 0.1) is 11.5 Å². The van der Waals surface area contributed by atoms with Crippen molar-refractivity contribution < 1.29 is 24.3 Å². The molecule has 0 spiro atoms. The average molecular weight is 307 g/mol. The molecule has 21 heavy (non-hydrogen) atoms. The van der Waals surface area contributed by atoms with Gasteiger partial charge in [0, 0.05) is 45.9 Å². The summed E-state index contributed by atoms with van der Waals surface area (Å²) in [5.41, 5.74) is -4.54. The number of fused-ring (bicyclic) bond motifs is 1. The lowest BCUT2D eigenvalue weighted by Gasteiger charge is -2.10. The van der Waals surface area contributed by atoms with E-state index in [1.807, 2.05) is 0 Å². The summed E-state index contributed by atoms with van der Waals surface area (Å²) in [5, 5.41) is 8.92. The van der Waals surface area contributed by atoms with Crippen molar-refractivity contribution in [2.24, 2.45) is 14.0 Å². The Balaban J connectivity index is 2.79. The number of aliphatic hydroxyl groups excluding tert-OH is 1. The molecule has 6 nitrogen and oxygen atoms in total. The smallest absolute Gasteiger partial charge is 0.332 e. The molecular formula is C15H23N3O3. The van der Waals surface area contributed by atoms with E-state index < -0.39 is 87.4 Å². The van der Waals surface area contributed by atoms with E-state index in [1.165, 1.54) is 0 Å². The predicted octanol–water partition coefficient (Wildman–Crippen LogP) is 0.898. The Morgan fingerprint density at radius 3 is 2.90 bits per heavy atom. The van der Waals surface area contributed by atoms with Gasteiger partial charge in [-0.05, 0) is 38.5 Å². The van der Waals surface area contributed by atoms with Gasteiger partial charge in [-0.1, -0.05) is 0 Å². The monoisotopic (exact) mass is 307 g/mol. The SMILES string of the molecule is [2H]C([2H])([2H])c1cn(C([2H])([2H])[2H])c2c1c(=O)n(CCCC([2H])([2H])C(O)C([2H])([2H])[2H])c(=O)n2C([2H])([2H])[2H]. The topological polar surface area (TPSA) is 69.2 Å². The third-order valence-corrected chi connectivity index (χ3v) is 2.97. The van der Waals surface area contributed by atoms with Gasteiger partial charge >= 0.3 is 5.69 Å². The Bertz CT molecular complexity index is 1210. The molecule has 2 aromatic heterocycles. The summed E-state index contributed by atoms with van der Waals surface area (Å²) >= 11 is 0.